The molecule has 86 valence electrons. The summed E-state index contributed by atoms with van der Waals surface area (Å²) in [4.78, 5) is 12.2. The van der Waals surface area contributed by atoms with Gasteiger partial charge in [-0.25, -0.2) is 4.79 Å². The SMILES string of the molecule is CN(C(=O)O)c1ccccc1C1OCCS1. The predicted molar refractivity (Wildman–Crippen MR) is 64.0 cm³/mol. The van der Waals surface area contributed by atoms with E-state index in [-0.39, 0.29) is 5.44 Å². The first-order valence-electron chi connectivity index (χ1n) is 4.99. The van der Waals surface area contributed by atoms with E-state index in [1.807, 2.05) is 18.2 Å². The van der Waals surface area contributed by atoms with Gasteiger partial charge in [0.05, 0.1) is 12.3 Å². The number of amides is 1. The van der Waals surface area contributed by atoms with Gasteiger partial charge in [-0.05, 0) is 6.07 Å². The fraction of sp³-hybridized carbons (Fsp3) is 0.364. The smallest absolute Gasteiger partial charge is 0.411 e. The zero-order valence-electron chi connectivity index (χ0n) is 8.92. The first kappa shape index (κ1) is 11.3. The van der Waals surface area contributed by atoms with Gasteiger partial charge < -0.3 is 9.84 Å². The zero-order chi connectivity index (χ0) is 11.5. The van der Waals surface area contributed by atoms with Crippen molar-refractivity contribution < 1.29 is 14.6 Å². The van der Waals surface area contributed by atoms with E-state index in [1.54, 1.807) is 24.9 Å². The molecule has 1 heterocycles. The molecule has 0 bridgehead atoms. The van der Waals surface area contributed by atoms with Crippen LogP contribution in [0.5, 0.6) is 0 Å². The molecule has 1 aliphatic heterocycles. The minimum atomic E-state index is -0.963. The largest absolute Gasteiger partial charge is 0.465 e. The van der Waals surface area contributed by atoms with Gasteiger partial charge in [-0.1, -0.05) is 18.2 Å². The summed E-state index contributed by atoms with van der Waals surface area (Å²) >= 11 is 1.70. The highest BCUT2D eigenvalue weighted by atomic mass is 32.2. The fourth-order valence-electron chi connectivity index (χ4n) is 1.63. The Hall–Kier alpha value is -1.20. The molecule has 0 spiro atoms. The molecular weight excluding hydrogens is 226 g/mol. The number of benzene rings is 1. The number of nitrogens with zero attached hydrogens (tertiary/aromatic N) is 1. The molecule has 1 aromatic carbocycles. The topological polar surface area (TPSA) is 49.8 Å². The van der Waals surface area contributed by atoms with Gasteiger partial charge in [0.2, 0.25) is 0 Å². The number of thioether (sulfide) groups is 1. The highest BCUT2D eigenvalue weighted by molar-refractivity contribution is 7.99. The van der Waals surface area contributed by atoms with Gasteiger partial charge in [0, 0.05) is 18.4 Å². The van der Waals surface area contributed by atoms with Crippen molar-refractivity contribution in [1.29, 1.82) is 0 Å². The maximum absolute atomic E-state index is 10.9. The molecule has 5 heteroatoms. The molecule has 1 saturated heterocycles. The van der Waals surface area contributed by atoms with E-state index in [0.29, 0.717) is 5.69 Å². The number of rotatable bonds is 2. The predicted octanol–water partition coefficient (Wildman–Crippen LogP) is 2.56. The molecule has 1 unspecified atom stereocenters. The van der Waals surface area contributed by atoms with Crippen LogP contribution in [0, 0.1) is 0 Å². The van der Waals surface area contributed by atoms with Gasteiger partial charge in [-0.15, -0.1) is 11.8 Å². The molecule has 0 radical (unpaired) electrons. The Morgan fingerprint density at radius 3 is 2.94 bits per heavy atom. The molecule has 0 aromatic heterocycles. The second-order valence-corrected chi connectivity index (χ2v) is 4.64. The molecule has 1 amide bonds. The maximum Gasteiger partial charge on any atom is 0.411 e. The van der Waals surface area contributed by atoms with E-state index in [2.05, 4.69) is 0 Å². The van der Waals surface area contributed by atoms with Crippen molar-refractivity contribution >= 4 is 23.5 Å². The van der Waals surface area contributed by atoms with Crippen LogP contribution in [0.3, 0.4) is 0 Å². The summed E-state index contributed by atoms with van der Waals surface area (Å²) in [6, 6.07) is 7.44. The van der Waals surface area contributed by atoms with Crippen LogP contribution in [0.4, 0.5) is 10.5 Å². The number of para-hydroxylation sites is 1. The van der Waals surface area contributed by atoms with Crippen molar-refractivity contribution in [3.05, 3.63) is 29.8 Å². The number of ether oxygens (including phenoxy) is 1. The van der Waals surface area contributed by atoms with E-state index in [4.69, 9.17) is 9.84 Å². The molecule has 0 saturated carbocycles. The quantitative estimate of drug-likeness (QED) is 0.861. The van der Waals surface area contributed by atoms with Gasteiger partial charge in [0.25, 0.3) is 0 Å². The average molecular weight is 239 g/mol. The summed E-state index contributed by atoms with van der Waals surface area (Å²) in [7, 11) is 1.54. The lowest BCUT2D eigenvalue weighted by Crippen LogP contribution is -2.25. The van der Waals surface area contributed by atoms with Crippen molar-refractivity contribution in [1.82, 2.24) is 0 Å². The van der Waals surface area contributed by atoms with Crippen molar-refractivity contribution in [3.63, 3.8) is 0 Å². The van der Waals surface area contributed by atoms with Crippen LogP contribution in [0.1, 0.15) is 11.0 Å². The first-order chi connectivity index (χ1) is 7.70. The lowest BCUT2D eigenvalue weighted by Gasteiger charge is -2.20. The normalized spacial score (nSPS) is 19.7. The van der Waals surface area contributed by atoms with Crippen LogP contribution in [0.25, 0.3) is 0 Å². The summed E-state index contributed by atoms with van der Waals surface area (Å²) in [6.45, 7) is 0.723. The summed E-state index contributed by atoms with van der Waals surface area (Å²) in [5.41, 5.74) is 1.57. The average Bonchev–Trinajstić information content (AvgIpc) is 2.81. The zero-order valence-corrected chi connectivity index (χ0v) is 9.74. The second-order valence-electron chi connectivity index (χ2n) is 3.47. The summed E-state index contributed by atoms with van der Waals surface area (Å²) in [5.74, 6) is 0.954. The van der Waals surface area contributed by atoms with Crippen molar-refractivity contribution in [2.24, 2.45) is 0 Å². The number of carbonyl (C=O) groups is 1. The van der Waals surface area contributed by atoms with Crippen molar-refractivity contribution in [2.75, 3.05) is 24.3 Å². The minimum Gasteiger partial charge on any atom is -0.465 e. The van der Waals surface area contributed by atoms with Crippen LogP contribution in [-0.4, -0.2) is 30.6 Å². The van der Waals surface area contributed by atoms with Crippen LogP contribution in [-0.2, 0) is 4.74 Å². The van der Waals surface area contributed by atoms with Crippen LogP contribution >= 0.6 is 11.8 Å². The molecule has 0 aliphatic carbocycles. The van der Waals surface area contributed by atoms with Gasteiger partial charge in [-0.2, -0.15) is 0 Å². The fourth-order valence-corrected chi connectivity index (χ4v) is 2.61. The molecule has 1 aliphatic rings. The highest BCUT2D eigenvalue weighted by Crippen LogP contribution is 2.39. The Kier molecular flexibility index (Phi) is 3.36. The first-order valence-corrected chi connectivity index (χ1v) is 6.04. The van der Waals surface area contributed by atoms with E-state index < -0.39 is 6.09 Å². The Balaban J connectivity index is 2.33. The van der Waals surface area contributed by atoms with Gasteiger partial charge in [-0.3, -0.25) is 4.90 Å². The van der Waals surface area contributed by atoms with E-state index in [0.717, 1.165) is 17.9 Å². The number of hydrogen-bond donors (Lipinski definition) is 1. The monoisotopic (exact) mass is 239 g/mol. The molecule has 16 heavy (non-hydrogen) atoms. The molecule has 2 rings (SSSR count). The standard InChI is InChI=1S/C11H13NO3S/c1-12(11(13)14)9-5-3-2-4-8(9)10-15-6-7-16-10/h2-5,10H,6-7H2,1H3,(H,13,14). The van der Waals surface area contributed by atoms with Crippen LogP contribution in [0.15, 0.2) is 24.3 Å². The lowest BCUT2D eigenvalue weighted by molar-refractivity contribution is 0.145. The van der Waals surface area contributed by atoms with E-state index in [9.17, 15) is 4.79 Å². The Labute approximate surface area is 98.2 Å². The third kappa shape index (κ3) is 2.15. The third-order valence-electron chi connectivity index (χ3n) is 2.46. The molecule has 1 aromatic rings. The second kappa shape index (κ2) is 4.76. The number of anilines is 1. The molecule has 1 fully saturated rings. The summed E-state index contributed by atoms with van der Waals surface area (Å²) < 4.78 is 5.55. The molecule has 1 N–H and O–H groups in total. The third-order valence-corrected chi connectivity index (χ3v) is 3.56. The van der Waals surface area contributed by atoms with Gasteiger partial charge in [0.1, 0.15) is 5.44 Å². The lowest BCUT2D eigenvalue weighted by atomic mass is 10.2. The van der Waals surface area contributed by atoms with Gasteiger partial charge >= 0.3 is 6.09 Å². The van der Waals surface area contributed by atoms with Crippen molar-refractivity contribution in [2.45, 2.75) is 5.44 Å². The summed E-state index contributed by atoms with van der Waals surface area (Å²) in [5, 5.41) is 8.98. The van der Waals surface area contributed by atoms with E-state index >= 15 is 0 Å². The Morgan fingerprint density at radius 1 is 1.56 bits per heavy atom. The van der Waals surface area contributed by atoms with Crippen LogP contribution in [0.2, 0.25) is 0 Å². The number of hydrogen-bond acceptors (Lipinski definition) is 3. The Morgan fingerprint density at radius 2 is 2.31 bits per heavy atom. The number of carboxylic acid groups (broad SMARTS) is 1. The van der Waals surface area contributed by atoms with Crippen molar-refractivity contribution in [3.8, 4) is 0 Å². The molecule has 1 atom stereocenters. The van der Waals surface area contributed by atoms with Gasteiger partial charge in [0.15, 0.2) is 0 Å². The highest BCUT2D eigenvalue weighted by Gasteiger charge is 2.23. The minimum absolute atomic E-state index is 0.0435. The Bertz CT molecular complexity index is 391. The van der Waals surface area contributed by atoms with Crippen LogP contribution < -0.4 is 4.90 Å². The molecule has 4 nitrogen and oxygen atoms in total. The molecular formula is C11H13NO3S. The summed E-state index contributed by atoms with van der Waals surface area (Å²) in [6.07, 6.45) is -0.963. The maximum atomic E-state index is 10.9. The van der Waals surface area contributed by atoms with E-state index in [1.165, 1.54) is 4.90 Å².